The van der Waals surface area contributed by atoms with Gasteiger partial charge in [-0.15, -0.1) is 0 Å². The Morgan fingerprint density at radius 1 is 1.24 bits per heavy atom. The maximum atomic E-state index is 13.5. The van der Waals surface area contributed by atoms with Gasteiger partial charge in [0, 0.05) is 21.2 Å². The van der Waals surface area contributed by atoms with Gasteiger partial charge in [0.1, 0.15) is 0 Å². The van der Waals surface area contributed by atoms with E-state index < -0.39 is 5.82 Å². The van der Waals surface area contributed by atoms with E-state index in [0.29, 0.717) is 5.88 Å². The van der Waals surface area contributed by atoms with Crippen LogP contribution in [0.3, 0.4) is 0 Å². The van der Waals surface area contributed by atoms with Gasteiger partial charge in [-0.2, -0.15) is 0 Å². The molecule has 0 saturated carbocycles. The van der Waals surface area contributed by atoms with Crippen LogP contribution in [0.25, 0.3) is 0 Å². The number of benzene rings is 1. The van der Waals surface area contributed by atoms with Crippen molar-refractivity contribution in [2.45, 2.75) is 6.92 Å². The number of halogens is 3. The first-order chi connectivity index (χ1) is 8.06. The van der Waals surface area contributed by atoms with Gasteiger partial charge in [0.15, 0.2) is 11.6 Å². The molecule has 0 aliphatic carbocycles. The molecule has 1 aromatic heterocycles. The van der Waals surface area contributed by atoms with Gasteiger partial charge in [0.2, 0.25) is 5.88 Å². The number of aromatic nitrogens is 1. The molecular weight excluding hydrogens is 353 g/mol. The Labute approximate surface area is 115 Å². The van der Waals surface area contributed by atoms with E-state index in [4.69, 9.17) is 4.74 Å². The summed E-state index contributed by atoms with van der Waals surface area (Å²) in [6.45, 7) is 1.91. The normalized spacial score (nSPS) is 10.4. The van der Waals surface area contributed by atoms with Crippen molar-refractivity contribution in [2.75, 3.05) is 0 Å². The average Bonchev–Trinajstić information content (AvgIpc) is 2.29. The Morgan fingerprint density at radius 3 is 2.71 bits per heavy atom. The van der Waals surface area contributed by atoms with E-state index in [1.165, 1.54) is 6.07 Å². The van der Waals surface area contributed by atoms with Crippen LogP contribution in [-0.2, 0) is 0 Å². The second-order valence-electron chi connectivity index (χ2n) is 3.45. The molecule has 17 heavy (non-hydrogen) atoms. The summed E-state index contributed by atoms with van der Waals surface area (Å²) < 4.78 is 20.5. The van der Waals surface area contributed by atoms with E-state index in [1.54, 1.807) is 24.4 Å². The van der Waals surface area contributed by atoms with Crippen molar-refractivity contribution in [2.24, 2.45) is 0 Å². The molecule has 0 aliphatic heterocycles. The number of aryl methyl sites for hydroxylation is 1. The zero-order chi connectivity index (χ0) is 12.4. The Morgan fingerprint density at radius 2 is 2.00 bits per heavy atom. The Bertz CT molecular complexity index is 560. The third-order valence-electron chi connectivity index (χ3n) is 2.13. The number of hydrogen-bond acceptors (Lipinski definition) is 2. The Balaban J connectivity index is 2.31. The molecule has 2 nitrogen and oxygen atoms in total. The van der Waals surface area contributed by atoms with E-state index in [2.05, 4.69) is 36.8 Å². The smallest absolute Gasteiger partial charge is 0.219 e. The van der Waals surface area contributed by atoms with E-state index in [1.807, 2.05) is 6.92 Å². The quantitative estimate of drug-likeness (QED) is 0.763. The lowest BCUT2D eigenvalue weighted by molar-refractivity contribution is 0.426. The van der Waals surface area contributed by atoms with Crippen molar-refractivity contribution >= 4 is 31.9 Å². The standard InChI is InChI=1S/C12H8Br2FNO/c1-7-4-12(16-6-9(7)14)17-11-5-8(13)2-3-10(11)15/h2-6H,1H3. The second kappa shape index (κ2) is 5.14. The zero-order valence-electron chi connectivity index (χ0n) is 8.88. The number of ether oxygens (including phenoxy) is 1. The molecule has 0 atom stereocenters. The second-order valence-corrected chi connectivity index (χ2v) is 5.22. The lowest BCUT2D eigenvalue weighted by Crippen LogP contribution is -1.92. The van der Waals surface area contributed by atoms with Crippen molar-refractivity contribution in [1.29, 1.82) is 0 Å². The molecule has 0 amide bonds. The van der Waals surface area contributed by atoms with Crippen molar-refractivity contribution in [3.05, 3.63) is 50.8 Å². The maximum Gasteiger partial charge on any atom is 0.219 e. The number of pyridine rings is 1. The molecule has 0 radical (unpaired) electrons. The van der Waals surface area contributed by atoms with Gasteiger partial charge >= 0.3 is 0 Å². The third kappa shape index (κ3) is 3.04. The van der Waals surface area contributed by atoms with Crippen LogP contribution in [-0.4, -0.2) is 4.98 Å². The molecule has 1 aromatic carbocycles. The minimum absolute atomic E-state index is 0.147. The third-order valence-corrected chi connectivity index (χ3v) is 3.45. The highest BCUT2D eigenvalue weighted by Gasteiger charge is 2.07. The van der Waals surface area contributed by atoms with Crippen LogP contribution in [0.1, 0.15) is 5.56 Å². The summed E-state index contributed by atoms with van der Waals surface area (Å²) in [4.78, 5) is 4.05. The summed E-state index contributed by atoms with van der Waals surface area (Å²) in [7, 11) is 0. The molecule has 2 rings (SSSR count). The fourth-order valence-electron chi connectivity index (χ4n) is 1.24. The van der Waals surface area contributed by atoms with E-state index in [0.717, 1.165) is 14.5 Å². The molecule has 0 N–H and O–H groups in total. The van der Waals surface area contributed by atoms with Crippen molar-refractivity contribution in [1.82, 2.24) is 4.98 Å². The molecule has 0 aliphatic rings. The molecule has 0 unspecified atom stereocenters. The summed E-state index contributed by atoms with van der Waals surface area (Å²) >= 11 is 6.60. The van der Waals surface area contributed by atoms with E-state index in [9.17, 15) is 4.39 Å². The van der Waals surface area contributed by atoms with Crippen LogP contribution in [0.2, 0.25) is 0 Å². The minimum atomic E-state index is -0.421. The van der Waals surface area contributed by atoms with Crippen LogP contribution < -0.4 is 4.74 Å². The highest BCUT2D eigenvalue weighted by molar-refractivity contribution is 9.10. The largest absolute Gasteiger partial charge is 0.436 e. The lowest BCUT2D eigenvalue weighted by atomic mass is 10.3. The predicted octanol–water partition coefficient (Wildman–Crippen LogP) is 4.85. The van der Waals surface area contributed by atoms with Gasteiger partial charge in [-0.1, -0.05) is 15.9 Å². The van der Waals surface area contributed by atoms with E-state index >= 15 is 0 Å². The van der Waals surface area contributed by atoms with Crippen LogP contribution in [0.5, 0.6) is 11.6 Å². The zero-order valence-corrected chi connectivity index (χ0v) is 12.0. The summed E-state index contributed by atoms with van der Waals surface area (Å²) in [5.74, 6) is 0.0897. The first kappa shape index (κ1) is 12.5. The molecule has 0 fully saturated rings. The molecule has 1 heterocycles. The maximum absolute atomic E-state index is 13.5. The molecule has 0 saturated heterocycles. The summed E-state index contributed by atoms with van der Waals surface area (Å²) in [6, 6.07) is 6.26. The van der Waals surface area contributed by atoms with Crippen molar-refractivity contribution < 1.29 is 9.13 Å². The first-order valence-electron chi connectivity index (χ1n) is 4.81. The molecule has 5 heteroatoms. The fourth-order valence-corrected chi connectivity index (χ4v) is 1.79. The predicted molar refractivity (Wildman–Crippen MR) is 70.8 cm³/mol. The van der Waals surface area contributed by atoms with Crippen LogP contribution in [0, 0.1) is 12.7 Å². The topological polar surface area (TPSA) is 22.1 Å². The van der Waals surface area contributed by atoms with Gasteiger partial charge in [-0.05, 0) is 46.6 Å². The summed E-state index contributed by atoms with van der Waals surface area (Å²) in [5.41, 5.74) is 0.977. The summed E-state index contributed by atoms with van der Waals surface area (Å²) in [5, 5.41) is 0. The van der Waals surface area contributed by atoms with Crippen molar-refractivity contribution in [3.63, 3.8) is 0 Å². The number of rotatable bonds is 2. The van der Waals surface area contributed by atoms with E-state index in [-0.39, 0.29) is 5.75 Å². The Kier molecular flexibility index (Phi) is 3.79. The Hall–Kier alpha value is -0.940. The molecule has 2 aromatic rings. The van der Waals surface area contributed by atoms with Crippen LogP contribution >= 0.6 is 31.9 Å². The van der Waals surface area contributed by atoms with Crippen LogP contribution in [0.15, 0.2) is 39.4 Å². The SMILES string of the molecule is Cc1cc(Oc2cc(Br)ccc2F)ncc1Br. The van der Waals surface area contributed by atoms with Gasteiger partial charge < -0.3 is 4.74 Å². The van der Waals surface area contributed by atoms with Crippen LogP contribution in [0.4, 0.5) is 4.39 Å². The van der Waals surface area contributed by atoms with Crippen molar-refractivity contribution in [3.8, 4) is 11.6 Å². The molecule has 88 valence electrons. The minimum Gasteiger partial charge on any atom is -0.436 e. The first-order valence-corrected chi connectivity index (χ1v) is 6.40. The molecule has 0 bridgehead atoms. The average molecular weight is 361 g/mol. The van der Waals surface area contributed by atoms with Gasteiger partial charge in [-0.25, -0.2) is 9.37 Å². The number of nitrogens with zero attached hydrogens (tertiary/aromatic N) is 1. The highest BCUT2D eigenvalue weighted by atomic mass is 79.9. The summed E-state index contributed by atoms with van der Waals surface area (Å²) in [6.07, 6.45) is 1.63. The lowest BCUT2D eigenvalue weighted by Gasteiger charge is -2.07. The molecular formula is C12H8Br2FNO. The molecule has 0 spiro atoms. The van der Waals surface area contributed by atoms with Gasteiger partial charge in [-0.3, -0.25) is 0 Å². The fraction of sp³-hybridized carbons (Fsp3) is 0.0833. The number of hydrogen-bond donors (Lipinski definition) is 0. The van der Waals surface area contributed by atoms with Gasteiger partial charge in [0.25, 0.3) is 0 Å². The highest BCUT2D eigenvalue weighted by Crippen LogP contribution is 2.28. The monoisotopic (exact) mass is 359 g/mol. The van der Waals surface area contributed by atoms with Gasteiger partial charge in [0.05, 0.1) is 0 Å².